The Morgan fingerprint density at radius 1 is 0.850 bits per heavy atom. The maximum absolute atomic E-state index is 13.6. The van der Waals surface area contributed by atoms with Gasteiger partial charge in [-0.3, -0.25) is 0 Å². The predicted molar refractivity (Wildman–Crippen MR) is 78.9 cm³/mol. The van der Waals surface area contributed by atoms with E-state index in [1.54, 1.807) is 12.1 Å². The summed E-state index contributed by atoms with van der Waals surface area (Å²) < 4.78 is 26.6. The van der Waals surface area contributed by atoms with Crippen molar-refractivity contribution in [2.45, 2.75) is 39.0 Å². The summed E-state index contributed by atoms with van der Waals surface area (Å²) >= 11 is 0. The Labute approximate surface area is 119 Å². The van der Waals surface area contributed by atoms with Crippen molar-refractivity contribution < 1.29 is 8.78 Å². The molecule has 0 heterocycles. The summed E-state index contributed by atoms with van der Waals surface area (Å²) in [4.78, 5) is 0. The summed E-state index contributed by atoms with van der Waals surface area (Å²) in [6, 6.07) is 11.9. The van der Waals surface area contributed by atoms with E-state index in [-0.39, 0.29) is 11.6 Å². The Morgan fingerprint density at radius 3 is 2.10 bits per heavy atom. The molecule has 2 aromatic rings. The highest BCUT2D eigenvalue weighted by atomic mass is 19.1. The third kappa shape index (κ3) is 3.66. The first-order valence-corrected chi connectivity index (χ1v) is 7.16. The van der Waals surface area contributed by atoms with Crippen molar-refractivity contribution in [3.63, 3.8) is 0 Å². The van der Waals surface area contributed by atoms with Gasteiger partial charge in [-0.1, -0.05) is 32.0 Å². The van der Waals surface area contributed by atoms with Crippen molar-refractivity contribution >= 4 is 0 Å². The molecule has 0 spiro atoms. The third-order valence-electron chi connectivity index (χ3n) is 3.74. The molecule has 106 valence electrons. The van der Waals surface area contributed by atoms with Crippen LogP contribution in [0.25, 0.3) is 0 Å². The molecule has 0 nitrogen and oxygen atoms in total. The summed E-state index contributed by atoms with van der Waals surface area (Å²) in [7, 11) is 0. The summed E-state index contributed by atoms with van der Waals surface area (Å²) in [5.41, 5.74) is 3.14. The van der Waals surface area contributed by atoms with E-state index in [4.69, 9.17) is 0 Å². The molecule has 1 unspecified atom stereocenters. The summed E-state index contributed by atoms with van der Waals surface area (Å²) in [5, 5.41) is 0. The number of rotatable bonds is 5. The van der Waals surface area contributed by atoms with Gasteiger partial charge in [-0.15, -0.1) is 0 Å². The minimum absolute atomic E-state index is 0.173. The average molecular weight is 274 g/mol. The molecule has 1 atom stereocenters. The molecule has 0 N–H and O–H groups in total. The van der Waals surface area contributed by atoms with Crippen molar-refractivity contribution in [2.24, 2.45) is 0 Å². The number of aryl methyl sites for hydroxylation is 1. The fourth-order valence-corrected chi connectivity index (χ4v) is 2.56. The molecule has 0 aliphatic rings. The monoisotopic (exact) mass is 274 g/mol. The fraction of sp³-hybridized carbons (Fsp3) is 0.333. The maximum Gasteiger partial charge on any atom is 0.123 e. The van der Waals surface area contributed by atoms with Gasteiger partial charge >= 0.3 is 0 Å². The molecule has 2 aromatic carbocycles. The van der Waals surface area contributed by atoms with Crippen molar-refractivity contribution in [1.82, 2.24) is 0 Å². The molecular weight excluding hydrogens is 254 g/mol. The Hall–Kier alpha value is -1.70. The quantitative estimate of drug-likeness (QED) is 0.697. The minimum atomic E-state index is -0.220. The average Bonchev–Trinajstić information content (AvgIpc) is 2.45. The van der Waals surface area contributed by atoms with Crippen molar-refractivity contribution in [3.8, 4) is 0 Å². The zero-order chi connectivity index (χ0) is 14.5. The van der Waals surface area contributed by atoms with E-state index in [2.05, 4.69) is 13.0 Å². The summed E-state index contributed by atoms with van der Waals surface area (Å²) in [6.07, 6.45) is 2.56. The highest BCUT2D eigenvalue weighted by molar-refractivity contribution is 5.28. The zero-order valence-corrected chi connectivity index (χ0v) is 12.0. The topological polar surface area (TPSA) is 0 Å². The van der Waals surface area contributed by atoms with Gasteiger partial charge in [0.1, 0.15) is 11.6 Å². The second-order valence-electron chi connectivity index (χ2n) is 5.18. The van der Waals surface area contributed by atoms with Crippen LogP contribution in [0.5, 0.6) is 0 Å². The largest absolute Gasteiger partial charge is 0.207 e. The van der Waals surface area contributed by atoms with Crippen molar-refractivity contribution in [2.75, 3.05) is 0 Å². The van der Waals surface area contributed by atoms with E-state index in [9.17, 15) is 8.78 Å². The van der Waals surface area contributed by atoms with Crippen LogP contribution in [0.1, 0.15) is 42.9 Å². The lowest BCUT2D eigenvalue weighted by molar-refractivity contribution is 0.611. The van der Waals surface area contributed by atoms with E-state index < -0.39 is 0 Å². The summed E-state index contributed by atoms with van der Waals surface area (Å²) in [6.45, 7) is 4.13. The Kier molecular flexibility index (Phi) is 4.89. The molecule has 0 amide bonds. The van der Waals surface area contributed by atoms with Crippen LogP contribution in [0.3, 0.4) is 0 Å². The van der Waals surface area contributed by atoms with Gasteiger partial charge < -0.3 is 0 Å². The molecule has 0 aliphatic carbocycles. The standard InChI is InChI=1S/C18H20F2/c1-3-13-9-14(12-18(20)11-13)10-15(4-2)16-5-7-17(19)8-6-16/h5-9,11-12,15H,3-4,10H2,1-2H3. The fourth-order valence-electron chi connectivity index (χ4n) is 2.56. The third-order valence-corrected chi connectivity index (χ3v) is 3.74. The number of halogens is 2. The van der Waals surface area contributed by atoms with Gasteiger partial charge in [0, 0.05) is 0 Å². The maximum atomic E-state index is 13.6. The molecule has 0 aromatic heterocycles. The van der Waals surface area contributed by atoms with E-state index in [0.29, 0.717) is 5.92 Å². The Balaban J connectivity index is 2.21. The number of benzene rings is 2. The highest BCUT2D eigenvalue weighted by Gasteiger charge is 2.11. The van der Waals surface area contributed by atoms with Gasteiger partial charge in [-0.05, 0) is 66.1 Å². The van der Waals surface area contributed by atoms with E-state index >= 15 is 0 Å². The van der Waals surface area contributed by atoms with E-state index in [0.717, 1.165) is 36.0 Å². The van der Waals surface area contributed by atoms with E-state index in [1.165, 1.54) is 12.1 Å². The lowest BCUT2D eigenvalue weighted by Crippen LogP contribution is -2.03. The van der Waals surface area contributed by atoms with Crippen LogP contribution < -0.4 is 0 Å². The number of hydrogen-bond donors (Lipinski definition) is 0. The zero-order valence-electron chi connectivity index (χ0n) is 12.0. The first kappa shape index (κ1) is 14.7. The van der Waals surface area contributed by atoms with E-state index in [1.807, 2.05) is 19.1 Å². The molecule has 0 fully saturated rings. The SMILES string of the molecule is CCc1cc(F)cc(CC(CC)c2ccc(F)cc2)c1. The highest BCUT2D eigenvalue weighted by Crippen LogP contribution is 2.25. The second kappa shape index (κ2) is 6.65. The molecule has 0 saturated heterocycles. The van der Waals surface area contributed by atoms with Crippen LogP contribution >= 0.6 is 0 Å². The van der Waals surface area contributed by atoms with Crippen LogP contribution in [-0.4, -0.2) is 0 Å². The number of hydrogen-bond acceptors (Lipinski definition) is 0. The van der Waals surface area contributed by atoms with Crippen LogP contribution in [-0.2, 0) is 12.8 Å². The smallest absolute Gasteiger partial charge is 0.123 e. The van der Waals surface area contributed by atoms with Gasteiger partial charge in [0.05, 0.1) is 0 Å². The van der Waals surface area contributed by atoms with Crippen LogP contribution in [0.2, 0.25) is 0 Å². The molecule has 0 bridgehead atoms. The molecular formula is C18H20F2. The molecule has 2 rings (SSSR count). The van der Waals surface area contributed by atoms with Gasteiger partial charge in [-0.25, -0.2) is 8.78 Å². The van der Waals surface area contributed by atoms with Gasteiger partial charge in [-0.2, -0.15) is 0 Å². The molecule has 0 aliphatic heterocycles. The molecule has 2 heteroatoms. The van der Waals surface area contributed by atoms with Crippen molar-refractivity contribution in [3.05, 3.63) is 70.8 Å². The van der Waals surface area contributed by atoms with Crippen molar-refractivity contribution in [1.29, 1.82) is 0 Å². The summed E-state index contributed by atoms with van der Waals surface area (Å²) in [5.74, 6) is -0.0990. The van der Waals surface area contributed by atoms with Gasteiger partial charge in [0.2, 0.25) is 0 Å². The first-order chi connectivity index (χ1) is 9.62. The molecule has 0 saturated carbocycles. The lowest BCUT2D eigenvalue weighted by atomic mass is 9.89. The molecule has 0 radical (unpaired) electrons. The molecule has 20 heavy (non-hydrogen) atoms. The second-order valence-corrected chi connectivity index (χ2v) is 5.18. The minimum Gasteiger partial charge on any atom is -0.207 e. The predicted octanol–water partition coefficient (Wildman–Crippen LogP) is 5.26. The van der Waals surface area contributed by atoms with Crippen LogP contribution in [0, 0.1) is 11.6 Å². The van der Waals surface area contributed by atoms with Crippen LogP contribution in [0.15, 0.2) is 42.5 Å². The Morgan fingerprint density at radius 2 is 1.50 bits per heavy atom. The normalized spacial score (nSPS) is 12.4. The van der Waals surface area contributed by atoms with Gasteiger partial charge in [0.15, 0.2) is 0 Å². The Bertz CT molecular complexity index is 558. The lowest BCUT2D eigenvalue weighted by Gasteiger charge is -2.16. The first-order valence-electron chi connectivity index (χ1n) is 7.16. The van der Waals surface area contributed by atoms with Crippen LogP contribution in [0.4, 0.5) is 8.78 Å². The van der Waals surface area contributed by atoms with Gasteiger partial charge in [0.25, 0.3) is 0 Å².